The van der Waals surface area contributed by atoms with Crippen molar-refractivity contribution in [3.63, 3.8) is 0 Å². The Hall–Kier alpha value is -3.42. The van der Waals surface area contributed by atoms with Crippen molar-refractivity contribution >= 4 is 39.9 Å². The van der Waals surface area contributed by atoms with Gasteiger partial charge in [0.1, 0.15) is 5.82 Å². The summed E-state index contributed by atoms with van der Waals surface area (Å²) in [5.74, 6) is 0.879. The van der Waals surface area contributed by atoms with E-state index in [1.54, 1.807) is 0 Å². The van der Waals surface area contributed by atoms with Gasteiger partial charge in [0, 0.05) is 50.7 Å². The molecule has 36 heavy (non-hydrogen) atoms. The van der Waals surface area contributed by atoms with Crippen LogP contribution in [0, 0.1) is 0 Å². The number of carbonyl (C=O) groups is 1. The van der Waals surface area contributed by atoms with Crippen LogP contribution >= 0.6 is 23.1 Å². The van der Waals surface area contributed by atoms with Crippen LogP contribution in [0.2, 0.25) is 5.02 Å². The van der Waals surface area contributed by atoms with Crippen molar-refractivity contribution < 1.29 is 4.79 Å². The van der Waals surface area contributed by atoms with Crippen LogP contribution in [-0.4, -0.2) is 52.9 Å². The van der Waals surface area contributed by atoms with Gasteiger partial charge in [-0.2, -0.15) is 4.37 Å². The van der Waals surface area contributed by atoms with Crippen molar-refractivity contribution in [1.82, 2.24) is 14.3 Å². The lowest BCUT2D eigenvalue weighted by Gasteiger charge is -2.37. The van der Waals surface area contributed by atoms with E-state index in [1.165, 1.54) is 17.1 Å². The molecule has 0 bridgehead atoms. The van der Waals surface area contributed by atoms with Crippen molar-refractivity contribution in [3.05, 3.63) is 107 Å². The van der Waals surface area contributed by atoms with Gasteiger partial charge in [-0.15, -0.1) is 0 Å². The Kier molecular flexibility index (Phi) is 7.79. The lowest BCUT2D eigenvalue weighted by Crippen LogP contribution is -2.51. The molecule has 0 unspecified atom stereocenters. The number of anilines is 2. The van der Waals surface area contributed by atoms with Crippen LogP contribution in [0.25, 0.3) is 0 Å². The van der Waals surface area contributed by atoms with E-state index in [-0.39, 0.29) is 12.5 Å². The Morgan fingerprint density at radius 2 is 1.50 bits per heavy atom. The van der Waals surface area contributed by atoms with E-state index >= 15 is 0 Å². The minimum absolute atomic E-state index is 0.101. The van der Waals surface area contributed by atoms with Gasteiger partial charge in [0.15, 0.2) is 0 Å². The van der Waals surface area contributed by atoms with Gasteiger partial charge in [0.25, 0.3) is 0 Å². The Bertz CT molecular complexity index is 1280. The number of piperazine rings is 1. The van der Waals surface area contributed by atoms with E-state index in [0.29, 0.717) is 26.1 Å². The summed E-state index contributed by atoms with van der Waals surface area (Å²) in [4.78, 5) is 24.4. The number of halogens is 1. The molecule has 6 nitrogen and oxygen atoms in total. The standard InChI is InChI=1S/C28H28ClN5OS/c29-24-13-7-8-14-25(24)32-15-17-33(18-16-32)27(35)21-34(20-23-11-5-2-6-12-23)28-30-26(31-36-28)19-22-9-3-1-4-10-22/h1-14H,15-21H2. The minimum Gasteiger partial charge on any atom is -0.367 e. The van der Waals surface area contributed by atoms with E-state index in [4.69, 9.17) is 16.6 Å². The normalized spacial score (nSPS) is 13.6. The van der Waals surface area contributed by atoms with Crippen LogP contribution in [0.5, 0.6) is 0 Å². The molecule has 0 atom stereocenters. The SMILES string of the molecule is O=C(CN(Cc1ccccc1)c1nc(Cc2ccccc2)ns1)N1CCN(c2ccccc2Cl)CC1. The molecule has 0 radical (unpaired) electrons. The molecule has 0 aliphatic carbocycles. The van der Waals surface area contributed by atoms with E-state index in [1.807, 2.05) is 70.5 Å². The fraction of sp³-hybridized carbons (Fsp3) is 0.250. The maximum atomic E-state index is 13.4. The van der Waals surface area contributed by atoms with E-state index in [9.17, 15) is 4.79 Å². The first-order valence-corrected chi connectivity index (χ1v) is 13.2. The Morgan fingerprint density at radius 1 is 0.861 bits per heavy atom. The number of carbonyl (C=O) groups excluding carboxylic acids is 1. The zero-order valence-corrected chi connectivity index (χ0v) is 21.5. The second-order valence-corrected chi connectivity index (χ2v) is 9.95. The summed E-state index contributed by atoms with van der Waals surface area (Å²) < 4.78 is 4.59. The quantitative estimate of drug-likeness (QED) is 0.324. The fourth-order valence-electron chi connectivity index (χ4n) is 4.39. The third-order valence-corrected chi connectivity index (χ3v) is 7.44. The van der Waals surface area contributed by atoms with E-state index in [2.05, 4.69) is 33.5 Å². The molecule has 184 valence electrons. The van der Waals surface area contributed by atoms with Gasteiger partial charge in [-0.25, -0.2) is 4.98 Å². The minimum atomic E-state index is 0.101. The summed E-state index contributed by atoms with van der Waals surface area (Å²) in [5, 5.41) is 1.52. The highest BCUT2D eigenvalue weighted by Crippen LogP contribution is 2.26. The first kappa shape index (κ1) is 24.3. The zero-order valence-electron chi connectivity index (χ0n) is 20.0. The van der Waals surface area contributed by atoms with Crippen molar-refractivity contribution in [2.75, 3.05) is 42.5 Å². The number of para-hydroxylation sites is 1. The lowest BCUT2D eigenvalue weighted by atomic mass is 10.1. The highest BCUT2D eigenvalue weighted by Gasteiger charge is 2.25. The molecular weight excluding hydrogens is 490 g/mol. The number of amides is 1. The van der Waals surface area contributed by atoms with E-state index in [0.717, 1.165) is 40.3 Å². The number of aromatic nitrogens is 2. The van der Waals surface area contributed by atoms with Crippen molar-refractivity contribution in [2.45, 2.75) is 13.0 Å². The van der Waals surface area contributed by atoms with Crippen LogP contribution < -0.4 is 9.80 Å². The highest BCUT2D eigenvalue weighted by atomic mass is 35.5. The van der Waals surface area contributed by atoms with Gasteiger partial charge < -0.3 is 14.7 Å². The van der Waals surface area contributed by atoms with Crippen LogP contribution in [0.3, 0.4) is 0 Å². The Balaban J connectivity index is 1.27. The van der Waals surface area contributed by atoms with E-state index < -0.39 is 0 Å². The maximum absolute atomic E-state index is 13.4. The summed E-state index contributed by atoms with van der Waals surface area (Å²) in [6.07, 6.45) is 0.675. The lowest BCUT2D eigenvalue weighted by molar-refractivity contribution is -0.130. The van der Waals surface area contributed by atoms with Gasteiger partial charge in [0.2, 0.25) is 11.0 Å². The molecule has 1 saturated heterocycles. The second kappa shape index (κ2) is 11.5. The third-order valence-electron chi connectivity index (χ3n) is 6.30. The summed E-state index contributed by atoms with van der Waals surface area (Å²) in [5.41, 5.74) is 3.33. The zero-order chi connectivity index (χ0) is 24.7. The van der Waals surface area contributed by atoms with Crippen molar-refractivity contribution in [3.8, 4) is 0 Å². The summed E-state index contributed by atoms with van der Waals surface area (Å²) in [7, 11) is 0. The monoisotopic (exact) mass is 517 g/mol. The first-order valence-electron chi connectivity index (χ1n) is 12.1. The van der Waals surface area contributed by atoms with Gasteiger partial charge in [-0.3, -0.25) is 4.79 Å². The molecule has 0 saturated carbocycles. The predicted molar refractivity (Wildman–Crippen MR) is 147 cm³/mol. The summed E-state index contributed by atoms with van der Waals surface area (Å²) >= 11 is 7.74. The molecule has 1 aliphatic rings. The van der Waals surface area contributed by atoms with Crippen LogP contribution in [-0.2, 0) is 17.8 Å². The largest absolute Gasteiger partial charge is 0.367 e. The second-order valence-electron chi connectivity index (χ2n) is 8.82. The molecule has 4 aromatic rings. The molecular formula is C28H28ClN5OS. The molecule has 1 amide bonds. The number of hydrogen-bond acceptors (Lipinski definition) is 6. The summed E-state index contributed by atoms with van der Waals surface area (Å²) in [6, 6.07) is 28.3. The van der Waals surface area contributed by atoms with Gasteiger partial charge in [-0.05, 0) is 23.3 Å². The Labute approximate surface area is 220 Å². The van der Waals surface area contributed by atoms with Crippen LogP contribution in [0.1, 0.15) is 17.0 Å². The van der Waals surface area contributed by atoms with Gasteiger partial charge in [-0.1, -0.05) is 84.4 Å². The highest BCUT2D eigenvalue weighted by molar-refractivity contribution is 7.09. The molecule has 2 heterocycles. The molecule has 3 aromatic carbocycles. The van der Waals surface area contributed by atoms with Crippen molar-refractivity contribution in [1.29, 1.82) is 0 Å². The number of rotatable bonds is 8. The molecule has 0 spiro atoms. The average molecular weight is 518 g/mol. The van der Waals surface area contributed by atoms with Gasteiger partial charge >= 0.3 is 0 Å². The average Bonchev–Trinajstić information content (AvgIpc) is 3.38. The summed E-state index contributed by atoms with van der Waals surface area (Å²) in [6.45, 7) is 3.71. The molecule has 1 aliphatic heterocycles. The maximum Gasteiger partial charge on any atom is 0.242 e. The van der Waals surface area contributed by atoms with Crippen LogP contribution in [0.15, 0.2) is 84.9 Å². The Morgan fingerprint density at radius 3 is 2.19 bits per heavy atom. The van der Waals surface area contributed by atoms with Gasteiger partial charge in [0.05, 0.1) is 17.3 Å². The fourth-order valence-corrected chi connectivity index (χ4v) is 5.33. The topological polar surface area (TPSA) is 52.6 Å². The molecule has 5 rings (SSSR count). The van der Waals surface area contributed by atoms with Crippen molar-refractivity contribution in [2.24, 2.45) is 0 Å². The molecule has 1 fully saturated rings. The number of hydrogen-bond donors (Lipinski definition) is 0. The smallest absolute Gasteiger partial charge is 0.242 e. The molecule has 1 aromatic heterocycles. The molecule has 8 heteroatoms. The predicted octanol–water partition coefficient (Wildman–Crippen LogP) is 5.14. The van der Waals surface area contributed by atoms with Crippen LogP contribution in [0.4, 0.5) is 10.8 Å². The third kappa shape index (κ3) is 6.04. The number of nitrogens with zero attached hydrogens (tertiary/aromatic N) is 5. The number of benzene rings is 3. The first-order chi connectivity index (χ1) is 17.7. The molecule has 0 N–H and O–H groups in total.